The lowest BCUT2D eigenvalue weighted by Gasteiger charge is -2.30. The Labute approximate surface area is 187 Å². The first-order valence-electron chi connectivity index (χ1n) is 10.8. The van der Waals surface area contributed by atoms with Crippen molar-refractivity contribution in [2.24, 2.45) is 0 Å². The lowest BCUT2D eigenvalue weighted by atomic mass is 9.72. The monoisotopic (exact) mass is 398 g/mol. The van der Waals surface area contributed by atoms with Crippen LogP contribution in [-0.4, -0.2) is 7.85 Å². The fourth-order valence-electron chi connectivity index (χ4n) is 4.60. The number of hydrogen-bond acceptors (Lipinski definition) is 0. The van der Waals surface area contributed by atoms with E-state index in [1.165, 1.54) is 33.4 Å². The van der Waals surface area contributed by atoms with E-state index in [9.17, 15) is 0 Å². The standard InChI is InChI=1S/C30H27B/c1-4-23-15-17-25(18-16-23)30(20-9-10-24(19-21-31)22(2)3)28-13-7-5-11-26(28)27-12-6-8-14-29(27)30/h5-21H,2,4H2,1,3H3/b20-9+,21-19-,24-10+. The highest BCUT2D eigenvalue weighted by Crippen LogP contribution is 2.53. The van der Waals surface area contributed by atoms with E-state index in [1.54, 1.807) is 5.98 Å². The third-order valence-corrected chi connectivity index (χ3v) is 6.20. The minimum atomic E-state index is -0.345. The highest BCUT2D eigenvalue weighted by atomic mass is 14.4. The number of allylic oxidation sites excluding steroid dienone is 6. The van der Waals surface area contributed by atoms with Crippen molar-refractivity contribution in [1.82, 2.24) is 0 Å². The Kier molecular flexibility index (Phi) is 5.95. The summed E-state index contributed by atoms with van der Waals surface area (Å²) in [5.74, 6) is 1.56. The third kappa shape index (κ3) is 3.66. The Morgan fingerprint density at radius 1 is 0.903 bits per heavy atom. The normalized spacial score (nSPS) is 14.7. The van der Waals surface area contributed by atoms with Gasteiger partial charge in [-0.15, -0.1) is 5.98 Å². The Balaban J connectivity index is 1.98. The zero-order chi connectivity index (χ0) is 21.8. The van der Waals surface area contributed by atoms with Gasteiger partial charge in [0.2, 0.25) is 0 Å². The predicted molar refractivity (Wildman–Crippen MR) is 135 cm³/mol. The highest BCUT2D eigenvalue weighted by Gasteiger charge is 2.42. The molecule has 3 aromatic carbocycles. The molecule has 0 N–H and O–H groups in total. The van der Waals surface area contributed by atoms with E-state index in [-0.39, 0.29) is 5.41 Å². The largest absolute Gasteiger partial charge is 0.131 e. The maximum absolute atomic E-state index is 5.65. The molecule has 0 saturated heterocycles. The number of fused-ring (bicyclic) bond motifs is 3. The van der Waals surface area contributed by atoms with Gasteiger partial charge in [-0.2, -0.15) is 0 Å². The fourth-order valence-corrected chi connectivity index (χ4v) is 4.60. The molecule has 0 nitrogen and oxygen atoms in total. The fraction of sp³-hybridized carbons (Fsp3) is 0.133. The molecule has 0 unspecified atom stereocenters. The first kappa shape index (κ1) is 20.9. The SMILES string of the molecule is [B]\C=C/C(=C\C=C\C1(c2ccc(CC)cc2)c2ccccc2-c2ccccc21)C(=C)C. The molecule has 0 amide bonds. The van der Waals surface area contributed by atoms with Gasteiger partial charge in [0.1, 0.15) is 7.85 Å². The van der Waals surface area contributed by atoms with Gasteiger partial charge < -0.3 is 0 Å². The Morgan fingerprint density at radius 2 is 1.48 bits per heavy atom. The lowest BCUT2D eigenvalue weighted by Crippen LogP contribution is -2.24. The summed E-state index contributed by atoms with van der Waals surface area (Å²) in [6.45, 7) is 8.28. The van der Waals surface area contributed by atoms with Crippen molar-refractivity contribution in [3.63, 3.8) is 0 Å². The quantitative estimate of drug-likeness (QED) is 0.302. The number of hydrogen-bond donors (Lipinski definition) is 0. The molecule has 0 aliphatic heterocycles. The van der Waals surface area contributed by atoms with Crippen LogP contribution in [0.4, 0.5) is 0 Å². The third-order valence-electron chi connectivity index (χ3n) is 6.20. The molecule has 0 fully saturated rings. The molecule has 1 aliphatic carbocycles. The lowest BCUT2D eigenvalue weighted by molar-refractivity contribution is 0.803. The summed E-state index contributed by atoms with van der Waals surface area (Å²) in [5, 5.41) is 0. The number of rotatable bonds is 6. The van der Waals surface area contributed by atoms with E-state index >= 15 is 0 Å². The molecule has 150 valence electrons. The molecule has 1 aliphatic rings. The molecule has 4 rings (SSSR count). The van der Waals surface area contributed by atoms with Crippen LogP contribution in [0.15, 0.2) is 121 Å². The first-order chi connectivity index (χ1) is 15.1. The van der Waals surface area contributed by atoms with E-state index < -0.39 is 0 Å². The van der Waals surface area contributed by atoms with E-state index in [0.29, 0.717) is 0 Å². The molecule has 0 spiro atoms. The van der Waals surface area contributed by atoms with E-state index in [0.717, 1.165) is 17.6 Å². The Morgan fingerprint density at radius 3 is 2.00 bits per heavy atom. The summed E-state index contributed by atoms with van der Waals surface area (Å²) >= 11 is 0. The van der Waals surface area contributed by atoms with Crippen LogP contribution in [0.2, 0.25) is 0 Å². The molecular formula is C30H27B. The minimum Gasteiger partial charge on any atom is -0.131 e. The number of aryl methyl sites for hydroxylation is 1. The van der Waals surface area contributed by atoms with Crippen LogP contribution in [0, 0.1) is 0 Å². The zero-order valence-electron chi connectivity index (χ0n) is 18.3. The Bertz CT molecular complexity index is 1140. The van der Waals surface area contributed by atoms with Gasteiger partial charge in [0.05, 0.1) is 5.41 Å². The van der Waals surface area contributed by atoms with Crippen molar-refractivity contribution in [3.05, 3.63) is 143 Å². The molecule has 1 heteroatoms. The van der Waals surface area contributed by atoms with Crippen molar-refractivity contribution < 1.29 is 0 Å². The van der Waals surface area contributed by atoms with E-state index in [2.05, 4.69) is 105 Å². The van der Waals surface area contributed by atoms with Crippen LogP contribution in [-0.2, 0) is 11.8 Å². The summed E-state index contributed by atoms with van der Waals surface area (Å²) in [5.41, 5.74) is 9.52. The first-order valence-corrected chi connectivity index (χ1v) is 10.8. The number of benzene rings is 3. The van der Waals surface area contributed by atoms with Gasteiger partial charge in [-0.05, 0) is 52.3 Å². The van der Waals surface area contributed by atoms with Gasteiger partial charge >= 0.3 is 0 Å². The maximum Gasteiger partial charge on any atom is 0.102 e. The summed E-state index contributed by atoms with van der Waals surface area (Å²) in [4.78, 5) is 0. The van der Waals surface area contributed by atoms with Crippen LogP contribution < -0.4 is 0 Å². The van der Waals surface area contributed by atoms with Crippen molar-refractivity contribution in [2.75, 3.05) is 0 Å². The average Bonchev–Trinajstić information content (AvgIpc) is 3.09. The summed E-state index contributed by atoms with van der Waals surface area (Å²) in [6, 6.07) is 26.6. The molecule has 0 atom stereocenters. The summed E-state index contributed by atoms with van der Waals surface area (Å²) in [6.07, 6.45) is 9.50. The van der Waals surface area contributed by atoms with Gasteiger partial charge in [-0.25, -0.2) is 0 Å². The molecule has 3 aromatic rings. The van der Waals surface area contributed by atoms with E-state index in [4.69, 9.17) is 7.85 Å². The second kappa shape index (κ2) is 8.82. The topological polar surface area (TPSA) is 0 Å². The maximum atomic E-state index is 5.65. The van der Waals surface area contributed by atoms with E-state index in [1.807, 2.05) is 13.0 Å². The molecule has 0 saturated carbocycles. The highest BCUT2D eigenvalue weighted by molar-refractivity contribution is 6.17. The van der Waals surface area contributed by atoms with Crippen molar-refractivity contribution in [2.45, 2.75) is 25.7 Å². The van der Waals surface area contributed by atoms with Crippen molar-refractivity contribution in [1.29, 1.82) is 0 Å². The van der Waals surface area contributed by atoms with Crippen LogP contribution in [0.25, 0.3) is 11.1 Å². The molecule has 31 heavy (non-hydrogen) atoms. The van der Waals surface area contributed by atoms with Crippen LogP contribution in [0.3, 0.4) is 0 Å². The Hall–Kier alpha value is -3.32. The van der Waals surface area contributed by atoms with Gasteiger partial charge in [-0.3, -0.25) is 0 Å². The molecule has 2 radical (unpaired) electrons. The average molecular weight is 398 g/mol. The second-order valence-corrected chi connectivity index (χ2v) is 8.07. The van der Waals surface area contributed by atoms with Gasteiger partial charge in [0.15, 0.2) is 0 Å². The molecule has 0 bridgehead atoms. The van der Waals surface area contributed by atoms with Gasteiger partial charge in [0, 0.05) is 0 Å². The van der Waals surface area contributed by atoms with Gasteiger partial charge in [-0.1, -0.05) is 116 Å². The van der Waals surface area contributed by atoms with Crippen molar-refractivity contribution >= 4 is 7.85 Å². The second-order valence-electron chi connectivity index (χ2n) is 8.07. The summed E-state index contributed by atoms with van der Waals surface area (Å²) in [7, 11) is 5.65. The van der Waals surface area contributed by atoms with Crippen LogP contribution in [0.5, 0.6) is 0 Å². The zero-order valence-corrected chi connectivity index (χ0v) is 18.3. The van der Waals surface area contributed by atoms with Gasteiger partial charge in [0.25, 0.3) is 0 Å². The predicted octanol–water partition coefficient (Wildman–Crippen LogP) is 7.30. The van der Waals surface area contributed by atoms with Crippen LogP contribution >= 0.6 is 0 Å². The smallest absolute Gasteiger partial charge is 0.102 e. The molecular weight excluding hydrogens is 371 g/mol. The molecule has 0 heterocycles. The molecule has 0 aromatic heterocycles. The minimum absolute atomic E-state index is 0.345. The van der Waals surface area contributed by atoms with Crippen LogP contribution in [0.1, 0.15) is 36.1 Å². The summed E-state index contributed by atoms with van der Waals surface area (Å²) < 4.78 is 0. The van der Waals surface area contributed by atoms with Crippen molar-refractivity contribution in [3.8, 4) is 11.1 Å².